The molecular formula is C26H33NO3S. The zero-order chi connectivity index (χ0) is 22.4. The Kier molecular flexibility index (Phi) is 7.84. The lowest BCUT2D eigenvalue weighted by Crippen LogP contribution is -2.50. The molecule has 2 aromatic carbocycles. The van der Waals surface area contributed by atoms with Crippen LogP contribution in [0.15, 0.2) is 60.7 Å². The zero-order valence-electron chi connectivity index (χ0n) is 18.7. The number of nitrogens with zero attached hydrogens (tertiary/aromatic N) is 1. The normalized spacial score (nSPS) is 18.8. The number of amides is 1. The van der Waals surface area contributed by atoms with Crippen LogP contribution in [0, 0.1) is 5.92 Å². The molecule has 0 saturated carbocycles. The van der Waals surface area contributed by atoms with Crippen LogP contribution in [0.25, 0.3) is 0 Å². The van der Waals surface area contributed by atoms with Crippen LogP contribution in [-0.2, 0) is 15.1 Å². The Morgan fingerprint density at radius 3 is 2.10 bits per heavy atom. The van der Waals surface area contributed by atoms with Crippen molar-refractivity contribution in [3.63, 3.8) is 0 Å². The summed E-state index contributed by atoms with van der Waals surface area (Å²) in [6, 6.07) is 19.6. The average Bonchev–Trinajstić information content (AvgIpc) is 3.09. The van der Waals surface area contributed by atoms with Crippen molar-refractivity contribution < 1.29 is 14.6 Å². The lowest BCUT2D eigenvalue weighted by molar-refractivity contribution is -0.131. The number of rotatable bonds is 9. The largest absolute Gasteiger partial charge is 0.452 e. The predicted octanol–water partition coefficient (Wildman–Crippen LogP) is 5.43. The first-order chi connectivity index (χ1) is 14.9. The lowest BCUT2D eigenvalue weighted by Gasteiger charge is -2.38. The van der Waals surface area contributed by atoms with E-state index in [4.69, 9.17) is 17.0 Å². The second-order valence-corrected chi connectivity index (χ2v) is 8.99. The number of aliphatic hydroxyl groups excluding tert-OH is 1. The molecule has 5 heteroatoms. The molecule has 3 rings (SSSR count). The smallest absolute Gasteiger partial charge is 0.267 e. The van der Waals surface area contributed by atoms with E-state index < -0.39 is 11.7 Å². The van der Waals surface area contributed by atoms with Crippen LogP contribution in [0.4, 0.5) is 0 Å². The van der Waals surface area contributed by atoms with Crippen molar-refractivity contribution in [2.45, 2.75) is 70.6 Å². The molecule has 1 amide bonds. The molecule has 0 bridgehead atoms. The molecule has 1 saturated heterocycles. The highest BCUT2D eigenvalue weighted by Crippen LogP contribution is 2.47. The summed E-state index contributed by atoms with van der Waals surface area (Å²) >= 11 is 5.62. The molecule has 0 aromatic heterocycles. The van der Waals surface area contributed by atoms with Crippen LogP contribution >= 0.6 is 12.2 Å². The van der Waals surface area contributed by atoms with Gasteiger partial charge in [-0.05, 0) is 24.6 Å². The number of hydrogen-bond donors (Lipinski definition) is 1. The van der Waals surface area contributed by atoms with Gasteiger partial charge in [-0.3, -0.25) is 9.69 Å². The number of benzene rings is 2. The first kappa shape index (κ1) is 23.4. The summed E-state index contributed by atoms with van der Waals surface area (Å²) in [7, 11) is 0. The average molecular weight is 440 g/mol. The SMILES string of the molecule is CCCCC[C@H](O)CC(=O)N1C(=S)OC(c2ccccc2)(c2ccccc2)[C@@H]1C(C)C. The van der Waals surface area contributed by atoms with Crippen molar-refractivity contribution in [1.29, 1.82) is 0 Å². The molecule has 0 radical (unpaired) electrons. The van der Waals surface area contributed by atoms with Gasteiger partial charge in [-0.15, -0.1) is 0 Å². The van der Waals surface area contributed by atoms with Gasteiger partial charge < -0.3 is 9.84 Å². The molecule has 0 aliphatic carbocycles. The van der Waals surface area contributed by atoms with Gasteiger partial charge in [-0.2, -0.15) is 0 Å². The first-order valence-corrected chi connectivity index (χ1v) is 11.7. The number of hydrogen-bond acceptors (Lipinski definition) is 4. The second kappa shape index (κ2) is 10.4. The molecule has 1 fully saturated rings. The third kappa shape index (κ3) is 4.83. The molecule has 1 heterocycles. The maximum absolute atomic E-state index is 13.4. The van der Waals surface area contributed by atoms with E-state index in [9.17, 15) is 9.90 Å². The van der Waals surface area contributed by atoms with Gasteiger partial charge in [0.2, 0.25) is 5.91 Å². The molecule has 2 atom stereocenters. The Hall–Kier alpha value is -2.24. The van der Waals surface area contributed by atoms with Gasteiger partial charge in [-0.25, -0.2) is 0 Å². The van der Waals surface area contributed by atoms with Gasteiger partial charge in [0, 0.05) is 11.1 Å². The van der Waals surface area contributed by atoms with Crippen LogP contribution in [-0.4, -0.2) is 33.2 Å². The Labute approximate surface area is 191 Å². The zero-order valence-corrected chi connectivity index (χ0v) is 19.5. The van der Waals surface area contributed by atoms with Crippen molar-refractivity contribution in [2.75, 3.05) is 0 Å². The van der Waals surface area contributed by atoms with E-state index in [0.29, 0.717) is 6.42 Å². The van der Waals surface area contributed by atoms with E-state index in [2.05, 4.69) is 20.8 Å². The molecule has 31 heavy (non-hydrogen) atoms. The molecular weight excluding hydrogens is 406 g/mol. The summed E-state index contributed by atoms with van der Waals surface area (Å²) in [6.45, 7) is 6.29. The Bertz CT molecular complexity index is 829. The van der Waals surface area contributed by atoms with Crippen LogP contribution in [0.3, 0.4) is 0 Å². The van der Waals surface area contributed by atoms with Crippen molar-refractivity contribution in [3.05, 3.63) is 71.8 Å². The molecule has 1 N–H and O–H groups in total. The van der Waals surface area contributed by atoms with Gasteiger partial charge in [-0.1, -0.05) is 101 Å². The van der Waals surface area contributed by atoms with Crippen LogP contribution in [0.2, 0.25) is 0 Å². The summed E-state index contributed by atoms with van der Waals surface area (Å²) in [5.74, 6) is -0.108. The number of aliphatic hydroxyl groups is 1. The number of carbonyl (C=O) groups is 1. The van der Waals surface area contributed by atoms with Gasteiger partial charge in [0.1, 0.15) is 0 Å². The highest BCUT2D eigenvalue weighted by atomic mass is 32.1. The van der Waals surface area contributed by atoms with E-state index in [1.165, 1.54) is 0 Å². The fourth-order valence-corrected chi connectivity index (χ4v) is 4.94. The summed E-state index contributed by atoms with van der Waals surface area (Å²) in [6.07, 6.45) is 3.05. The number of carbonyl (C=O) groups excluding carboxylic acids is 1. The minimum atomic E-state index is -0.892. The van der Waals surface area contributed by atoms with Gasteiger partial charge >= 0.3 is 0 Å². The van der Waals surface area contributed by atoms with Gasteiger partial charge in [0.25, 0.3) is 5.17 Å². The van der Waals surface area contributed by atoms with E-state index in [1.54, 1.807) is 4.90 Å². The highest BCUT2D eigenvalue weighted by molar-refractivity contribution is 7.80. The fourth-order valence-electron chi connectivity index (χ4n) is 4.60. The van der Waals surface area contributed by atoms with E-state index in [1.807, 2.05) is 60.7 Å². The standard InChI is InChI=1S/C26H33NO3S/c1-4-5-8-17-22(28)18-23(29)27-24(19(2)3)26(30-25(27)31,20-13-9-6-10-14-20)21-15-11-7-12-16-21/h6-7,9-16,19,22,24,28H,4-5,8,17-18H2,1-3H3/t22-,24-/m0/s1. The van der Waals surface area contributed by atoms with E-state index in [-0.39, 0.29) is 29.5 Å². The lowest BCUT2D eigenvalue weighted by atomic mass is 9.75. The summed E-state index contributed by atoms with van der Waals surface area (Å²) < 4.78 is 6.46. The van der Waals surface area contributed by atoms with E-state index in [0.717, 1.165) is 30.4 Å². The van der Waals surface area contributed by atoms with Crippen LogP contribution in [0.1, 0.15) is 64.0 Å². The second-order valence-electron chi connectivity index (χ2n) is 8.64. The Balaban J connectivity index is 2.00. The molecule has 4 nitrogen and oxygen atoms in total. The first-order valence-electron chi connectivity index (χ1n) is 11.3. The highest BCUT2D eigenvalue weighted by Gasteiger charge is 2.57. The molecule has 0 unspecified atom stereocenters. The fraction of sp³-hybridized carbons (Fsp3) is 0.462. The molecule has 1 aliphatic heterocycles. The Morgan fingerprint density at radius 2 is 1.61 bits per heavy atom. The number of thiocarbonyl (C=S) groups is 1. The topological polar surface area (TPSA) is 49.8 Å². The van der Waals surface area contributed by atoms with Crippen molar-refractivity contribution in [1.82, 2.24) is 4.90 Å². The summed E-state index contributed by atoms with van der Waals surface area (Å²) in [5.41, 5.74) is 1.03. The van der Waals surface area contributed by atoms with Crippen molar-refractivity contribution in [3.8, 4) is 0 Å². The number of unbranched alkanes of at least 4 members (excludes halogenated alkanes) is 2. The van der Waals surface area contributed by atoms with E-state index >= 15 is 0 Å². The third-order valence-corrected chi connectivity index (χ3v) is 6.28. The van der Waals surface area contributed by atoms with Crippen LogP contribution in [0.5, 0.6) is 0 Å². The van der Waals surface area contributed by atoms with Crippen LogP contribution < -0.4 is 0 Å². The minimum absolute atomic E-state index is 0.0517. The number of ether oxygens (including phenoxy) is 1. The van der Waals surface area contributed by atoms with Crippen molar-refractivity contribution >= 4 is 23.3 Å². The minimum Gasteiger partial charge on any atom is -0.452 e. The quantitative estimate of drug-likeness (QED) is 0.418. The molecule has 1 aliphatic rings. The summed E-state index contributed by atoms with van der Waals surface area (Å²) in [5, 5.41) is 10.6. The Morgan fingerprint density at radius 1 is 1.06 bits per heavy atom. The monoisotopic (exact) mass is 439 g/mol. The predicted molar refractivity (Wildman–Crippen MR) is 128 cm³/mol. The third-order valence-electron chi connectivity index (χ3n) is 6.00. The maximum atomic E-state index is 13.4. The summed E-state index contributed by atoms with van der Waals surface area (Å²) in [4.78, 5) is 15.0. The van der Waals surface area contributed by atoms with Crippen molar-refractivity contribution in [2.24, 2.45) is 5.92 Å². The molecule has 2 aromatic rings. The molecule has 0 spiro atoms. The van der Waals surface area contributed by atoms with Gasteiger partial charge in [0.05, 0.1) is 18.6 Å². The maximum Gasteiger partial charge on any atom is 0.267 e. The van der Waals surface area contributed by atoms with Gasteiger partial charge in [0.15, 0.2) is 5.60 Å². The molecule has 166 valence electrons.